The van der Waals surface area contributed by atoms with E-state index >= 15 is 0 Å². The third-order valence-electron chi connectivity index (χ3n) is 2.91. The fourth-order valence-corrected chi connectivity index (χ4v) is 2.36. The number of nitrogens with one attached hydrogen (secondary N) is 1. The molecule has 1 N–H and O–H groups in total. The third-order valence-corrected chi connectivity index (χ3v) is 3.87. The minimum absolute atomic E-state index is 0.387. The van der Waals surface area contributed by atoms with Crippen molar-refractivity contribution in [3.05, 3.63) is 16.6 Å². The van der Waals surface area contributed by atoms with Gasteiger partial charge in [0.05, 0.1) is 6.04 Å². The zero-order valence-corrected chi connectivity index (χ0v) is 10.3. The summed E-state index contributed by atoms with van der Waals surface area (Å²) in [6.07, 6.45) is 4.64. The van der Waals surface area contributed by atoms with Gasteiger partial charge in [0.25, 0.3) is 0 Å². The van der Waals surface area contributed by atoms with Gasteiger partial charge in [-0.1, -0.05) is 0 Å². The smallest absolute Gasteiger partial charge is 0.109 e. The Bertz CT molecular complexity index is 282. The second-order valence-electron chi connectivity index (χ2n) is 4.26. The van der Waals surface area contributed by atoms with Gasteiger partial charge >= 0.3 is 0 Å². The first-order valence-corrected chi connectivity index (χ1v) is 6.48. The van der Waals surface area contributed by atoms with E-state index in [0.29, 0.717) is 6.04 Å². The van der Waals surface area contributed by atoms with Crippen LogP contribution in [0, 0.1) is 0 Å². The van der Waals surface area contributed by atoms with Crippen molar-refractivity contribution in [3.63, 3.8) is 0 Å². The second-order valence-corrected chi connectivity index (χ2v) is 5.18. The van der Waals surface area contributed by atoms with Gasteiger partial charge in [0.2, 0.25) is 0 Å². The van der Waals surface area contributed by atoms with Gasteiger partial charge in [-0.2, -0.15) is 0 Å². The number of rotatable bonds is 6. The van der Waals surface area contributed by atoms with Crippen molar-refractivity contribution in [2.24, 2.45) is 0 Å². The van der Waals surface area contributed by atoms with Crippen molar-refractivity contribution in [1.29, 1.82) is 0 Å². The Morgan fingerprint density at radius 2 is 2.47 bits per heavy atom. The fraction of sp³-hybridized carbons (Fsp3) is 0.727. The quantitative estimate of drug-likeness (QED) is 0.801. The molecule has 1 unspecified atom stereocenters. The van der Waals surface area contributed by atoms with E-state index in [4.69, 9.17) is 0 Å². The molecule has 2 rings (SSSR count). The Labute approximate surface area is 95.5 Å². The topological polar surface area (TPSA) is 28.2 Å². The van der Waals surface area contributed by atoms with Crippen LogP contribution in [0.3, 0.4) is 0 Å². The molecule has 1 aromatic rings. The van der Waals surface area contributed by atoms with Crippen LogP contribution in [0.1, 0.15) is 30.8 Å². The lowest BCUT2D eigenvalue weighted by Gasteiger charge is -2.17. The van der Waals surface area contributed by atoms with Gasteiger partial charge in [0, 0.05) is 30.7 Å². The van der Waals surface area contributed by atoms with E-state index in [2.05, 4.69) is 29.2 Å². The number of hydrogen-bond donors (Lipinski definition) is 1. The summed E-state index contributed by atoms with van der Waals surface area (Å²) in [6, 6.07) is 1.25. The molecule has 0 bridgehead atoms. The van der Waals surface area contributed by atoms with E-state index in [1.807, 2.05) is 11.6 Å². The van der Waals surface area contributed by atoms with Crippen LogP contribution in [0.5, 0.6) is 0 Å². The van der Waals surface area contributed by atoms with Crippen molar-refractivity contribution in [1.82, 2.24) is 15.2 Å². The first-order chi connectivity index (χ1) is 7.27. The molecule has 1 saturated carbocycles. The molecule has 0 aromatic carbocycles. The molecule has 1 aromatic heterocycles. The van der Waals surface area contributed by atoms with Crippen LogP contribution in [-0.4, -0.2) is 36.1 Å². The maximum atomic E-state index is 4.30. The molecule has 15 heavy (non-hydrogen) atoms. The monoisotopic (exact) mass is 225 g/mol. The van der Waals surface area contributed by atoms with Crippen LogP contribution in [0.15, 0.2) is 11.6 Å². The number of likely N-dealkylation sites (N-methyl/N-ethyl adjacent to an activating group) is 1. The molecule has 0 spiro atoms. The van der Waals surface area contributed by atoms with Gasteiger partial charge in [-0.15, -0.1) is 11.3 Å². The average Bonchev–Trinajstić information content (AvgIpc) is 2.93. The molecular formula is C11H19N3S. The van der Waals surface area contributed by atoms with Crippen molar-refractivity contribution < 1.29 is 0 Å². The molecule has 1 aliphatic rings. The van der Waals surface area contributed by atoms with Crippen molar-refractivity contribution in [3.8, 4) is 0 Å². The molecule has 0 amide bonds. The second kappa shape index (κ2) is 5.05. The van der Waals surface area contributed by atoms with Crippen LogP contribution < -0.4 is 5.32 Å². The summed E-state index contributed by atoms with van der Waals surface area (Å²) in [6.45, 7) is 4.37. The van der Waals surface area contributed by atoms with E-state index in [1.165, 1.54) is 17.8 Å². The Morgan fingerprint density at radius 3 is 3.07 bits per heavy atom. The Balaban J connectivity index is 1.64. The van der Waals surface area contributed by atoms with Crippen molar-refractivity contribution >= 4 is 11.3 Å². The zero-order chi connectivity index (χ0) is 10.7. The maximum Gasteiger partial charge on any atom is 0.109 e. The summed E-state index contributed by atoms with van der Waals surface area (Å²) in [5.74, 6) is 0. The lowest BCUT2D eigenvalue weighted by atomic mass is 10.3. The molecule has 1 fully saturated rings. The molecule has 0 saturated heterocycles. The highest BCUT2D eigenvalue weighted by molar-refractivity contribution is 7.09. The van der Waals surface area contributed by atoms with Gasteiger partial charge in [-0.3, -0.25) is 0 Å². The largest absolute Gasteiger partial charge is 0.307 e. The summed E-state index contributed by atoms with van der Waals surface area (Å²) in [5.41, 5.74) is 0. The predicted molar refractivity (Wildman–Crippen MR) is 64.2 cm³/mol. The number of aromatic nitrogens is 1. The van der Waals surface area contributed by atoms with Crippen LogP contribution >= 0.6 is 11.3 Å². The zero-order valence-electron chi connectivity index (χ0n) is 9.44. The molecule has 1 aliphatic carbocycles. The van der Waals surface area contributed by atoms with Gasteiger partial charge in [-0.05, 0) is 26.8 Å². The molecule has 1 atom stereocenters. The highest BCUT2D eigenvalue weighted by Crippen LogP contribution is 2.24. The SMILES string of the molecule is CC(NCCN(C)C1CC1)c1nccs1. The Hall–Kier alpha value is -0.450. The third kappa shape index (κ3) is 3.26. The Kier molecular flexibility index (Phi) is 3.72. The number of thiazole rings is 1. The highest BCUT2D eigenvalue weighted by atomic mass is 32.1. The average molecular weight is 225 g/mol. The fourth-order valence-electron chi connectivity index (χ4n) is 1.69. The van der Waals surface area contributed by atoms with E-state index < -0.39 is 0 Å². The van der Waals surface area contributed by atoms with E-state index in [1.54, 1.807) is 11.3 Å². The van der Waals surface area contributed by atoms with Crippen molar-refractivity contribution in [2.45, 2.75) is 31.8 Å². The predicted octanol–water partition coefficient (Wildman–Crippen LogP) is 1.89. The first kappa shape index (κ1) is 11.0. The summed E-state index contributed by atoms with van der Waals surface area (Å²) in [7, 11) is 2.22. The normalized spacial score (nSPS) is 18.3. The van der Waals surface area contributed by atoms with Gasteiger partial charge < -0.3 is 10.2 Å². The molecular weight excluding hydrogens is 206 g/mol. The van der Waals surface area contributed by atoms with Gasteiger partial charge in [0.15, 0.2) is 0 Å². The van der Waals surface area contributed by atoms with Crippen molar-refractivity contribution in [2.75, 3.05) is 20.1 Å². The molecule has 0 aliphatic heterocycles. The van der Waals surface area contributed by atoms with Crippen LogP contribution in [0.25, 0.3) is 0 Å². The summed E-state index contributed by atoms with van der Waals surface area (Å²) in [5, 5.41) is 6.72. The minimum Gasteiger partial charge on any atom is -0.307 e. The van der Waals surface area contributed by atoms with E-state index in [-0.39, 0.29) is 0 Å². The van der Waals surface area contributed by atoms with E-state index in [9.17, 15) is 0 Å². The van der Waals surface area contributed by atoms with E-state index in [0.717, 1.165) is 19.1 Å². The lowest BCUT2D eigenvalue weighted by Crippen LogP contribution is -2.31. The standard InChI is InChI=1S/C11H19N3S/c1-9(11-13-6-8-15-11)12-5-7-14(2)10-3-4-10/h6,8-10,12H,3-5,7H2,1-2H3. The Morgan fingerprint density at radius 1 is 1.67 bits per heavy atom. The van der Waals surface area contributed by atoms with Gasteiger partial charge in [0.1, 0.15) is 5.01 Å². The number of nitrogens with zero attached hydrogens (tertiary/aromatic N) is 2. The molecule has 0 radical (unpaired) electrons. The molecule has 3 nitrogen and oxygen atoms in total. The maximum absolute atomic E-state index is 4.30. The lowest BCUT2D eigenvalue weighted by molar-refractivity contribution is 0.316. The summed E-state index contributed by atoms with van der Waals surface area (Å²) in [4.78, 5) is 6.75. The molecule has 84 valence electrons. The van der Waals surface area contributed by atoms with Crippen LogP contribution in [-0.2, 0) is 0 Å². The molecule has 1 heterocycles. The van der Waals surface area contributed by atoms with Crippen LogP contribution in [0.4, 0.5) is 0 Å². The van der Waals surface area contributed by atoms with Gasteiger partial charge in [-0.25, -0.2) is 4.98 Å². The molecule has 4 heteroatoms. The van der Waals surface area contributed by atoms with Crippen LogP contribution in [0.2, 0.25) is 0 Å². The minimum atomic E-state index is 0.387. The first-order valence-electron chi connectivity index (χ1n) is 5.60. The number of hydrogen-bond acceptors (Lipinski definition) is 4. The summed E-state index contributed by atoms with van der Waals surface area (Å²) >= 11 is 1.72. The summed E-state index contributed by atoms with van der Waals surface area (Å²) < 4.78 is 0. The highest BCUT2D eigenvalue weighted by Gasteiger charge is 2.25.